The van der Waals surface area contributed by atoms with Crippen LogP contribution < -0.4 is 10.1 Å². The van der Waals surface area contributed by atoms with Gasteiger partial charge in [0.2, 0.25) is 10.0 Å². The number of benzene rings is 1. The molecule has 1 unspecified atom stereocenters. The van der Waals surface area contributed by atoms with Crippen LogP contribution >= 0.6 is 12.4 Å². The molecule has 0 aliphatic carbocycles. The summed E-state index contributed by atoms with van der Waals surface area (Å²) in [5.74, 6) is 0.667. The van der Waals surface area contributed by atoms with Crippen LogP contribution in [0, 0.1) is 0 Å². The van der Waals surface area contributed by atoms with E-state index in [0.29, 0.717) is 32.0 Å². The summed E-state index contributed by atoms with van der Waals surface area (Å²) in [6, 6.07) is 10.1. The number of nitrogens with zero attached hydrogens (tertiary/aromatic N) is 2. The number of aromatic nitrogens is 1. The van der Waals surface area contributed by atoms with Crippen LogP contribution in [0.5, 0.6) is 5.75 Å². The number of sulfonamides is 1. The normalized spacial score (nSPS) is 18.4. The average molecular weight is 384 g/mol. The van der Waals surface area contributed by atoms with Crippen LogP contribution in [0.2, 0.25) is 0 Å². The number of ether oxygens (including phenoxy) is 1. The maximum atomic E-state index is 13.1. The van der Waals surface area contributed by atoms with Crippen molar-refractivity contribution in [3.8, 4) is 5.75 Å². The van der Waals surface area contributed by atoms with E-state index in [4.69, 9.17) is 4.74 Å². The van der Waals surface area contributed by atoms with Gasteiger partial charge in [0.1, 0.15) is 5.75 Å². The number of pyridine rings is 1. The van der Waals surface area contributed by atoms with Crippen molar-refractivity contribution in [2.45, 2.75) is 17.9 Å². The summed E-state index contributed by atoms with van der Waals surface area (Å²) in [4.78, 5) is 4.39. The predicted molar refractivity (Wildman–Crippen MR) is 98.6 cm³/mol. The molecule has 0 bridgehead atoms. The molecule has 0 radical (unpaired) electrons. The first-order valence-electron chi connectivity index (χ1n) is 7.98. The lowest BCUT2D eigenvalue weighted by molar-refractivity contribution is 0.271. The fourth-order valence-corrected chi connectivity index (χ4v) is 4.45. The molecule has 6 nitrogen and oxygen atoms in total. The van der Waals surface area contributed by atoms with Gasteiger partial charge in [-0.2, -0.15) is 4.31 Å². The Labute approximate surface area is 154 Å². The Hall–Kier alpha value is -1.67. The minimum Gasteiger partial charge on any atom is -0.494 e. The Morgan fingerprint density at radius 2 is 2.04 bits per heavy atom. The molecule has 2 aromatic rings. The molecule has 1 saturated heterocycles. The van der Waals surface area contributed by atoms with Crippen LogP contribution in [0.3, 0.4) is 0 Å². The molecule has 1 N–H and O–H groups in total. The molecule has 3 rings (SSSR count). The SMILES string of the molecule is CCOc1ccc(S(=O)(=O)N2CCNCC2c2cccnc2)cc1.Cl. The van der Waals surface area contributed by atoms with Crippen LogP contribution in [-0.2, 0) is 10.0 Å². The second-order valence-corrected chi connectivity index (χ2v) is 7.42. The quantitative estimate of drug-likeness (QED) is 0.857. The number of rotatable bonds is 5. The summed E-state index contributed by atoms with van der Waals surface area (Å²) in [7, 11) is -3.58. The summed E-state index contributed by atoms with van der Waals surface area (Å²) in [5, 5.41) is 3.26. The predicted octanol–water partition coefficient (Wildman–Crippen LogP) is 2.24. The van der Waals surface area contributed by atoms with Crippen LogP contribution in [0.1, 0.15) is 18.5 Å². The van der Waals surface area contributed by atoms with E-state index in [9.17, 15) is 8.42 Å². The second-order valence-electron chi connectivity index (χ2n) is 5.53. The van der Waals surface area contributed by atoms with Gasteiger partial charge in [-0.1, -0.05) is 6.07 Å². The lowest BCUT2D eigenvalue weighted by Gasteiger charge is -2.35. The molecule has 2 heterocycles. The molecule has 1 aliphatic heterocycles. The third kappa shape index (κ3) is 4.30. The Bertz CT molecular complexity index is 769. The fourth-order valence-electron chi connectivity index (χ4n) is 2.84. The van der Waals surface area contributed by atoms with Crippen LogP contribution in [0.25, 0.3) is 0 Å². The summed E-state index contributed by atoms with van der Waals surface area (Å²) in [5.41, 5.74) is 0.888. The molecule has 8 heteroatoms. The van der Waals surface area contributed by atoms with Gasteiger partial charge in [-0.15, -0.1) is 12.4 Å². The number of nitrogens with one attached hydrogen (secondary N) is 1. The van der Waals surface area contributed by atoms with E-state index in [1.807, 2.05) is 19.1 Å². The summed E-state index contributed by atoms with van der Waals surface area (Å²) < 4.78 is 33.1. The van der Waals surface area contributed by atoms with Crippen LogP contribution in [-0.4, -0.2) is 43.9 Å². The van der Waals surface area contributed by atoms with E-state index >= 15 is 0 Å². The molecule has 1 atom stereocenters. The minimum atomic E-state index is -3.58. The topological polar surface area (TPSA) is 71.5 Å². The van der Waals surface area contributed by atoms with Crippen molar-refractivity contribution in [3.63, 3.8) is 0 Å². The van der Waals surface area contributed by atoms with Crippen molar-refractivity contribution in [1.82, 2.24) is 14.6 Å². The molecule has 1 aliphatic rings. The van der Waals surface area contributed by atoms with Gasteiger partial charge in [-0.25, -0.2) is 8.42 Å². The fraction of sp³-hybridized carbons (Fsp3) is 0.353. The first-order valence-corrected chi connectivity index (χ1v) is 9.42. The molecule has 1 aromatic carbocycles. The van der Waals surface area contributed by atoms with Gasteiger partial charge in [0.05, 0.1) is 17.5 Å². The van der Waals surface area contributed by atoms with Crippen molar-refractivity contribution >= 4 is 22.4 Å². The van der Waals surface area contributed by atoms with Crippen molar-refractivity contribution in [3.05, 3.63) is 54.4 Å². The van der Waals surface area contributed by atoms with Crippen LogP contribution in [0.4, 0.5) is 0 Å². The Kier molecular flexibility index (Phi) is 6.78. The van der Waals surface area contributed by atoms with Gasteiger partial charge in [-0.3, -0.25) is 4.98 Å². The third-order valence-electron chi connectivity index (χ3n) is 4.00. The molecule has 25 heavy (non-hydrogen) atoms. The zero-order valence-electron chi connectivity index (χ0n) is 14.0. The van der Waals surface area contributed by atoms with Crippen LogP contribution in [0.15, 0.2) is 53.7 Å². The zero-order valence-corrected chi connectivity index (χ0v) is 15.6. The van der Waals surface area contributed by atoms with Crippen molar-refractivity contribution in [2.75, 3.05) is 26.2 Å². The molecular weight excluding hydrogens is 362 g/mol. The van der Waals surface area contributed by atoms with E-state index in [-0.39, 0.29) is 23.3 Å². The van der Waals surface area contributed by atoms with E-state index in [0.717, 1.165) is 5.56 Å². The molecular formula is C17H22ClN3O3S. The maximum absolute atomic E-state index is 13.1. The van der Waals surface area contributed by atoms with Gasteiger partial charge in [0.15, 0.2) is 0 Å². The minimum absolute atomic E-state index is 0. The van der Waals surface area contributed by atoms with E-state index in [2.05, 4.69) is 10.3 Å². The van der Waals surface area contributed by atoms with E-state index in [1.165, 1.54) is 0 Å². The summed E-state index contributed by atoms with van der Waals surface area (Å²) >= 11 is 0. The van der Waals surface area contributed by atoms with Crippen molar-refractivity contribution < 1.29 is 13.2 Å². The van der Waals surface area contributed by atoms with E-state index < -0.39 is 10.0 Å². The molecule has 136 valence electrons. The lowest BCUT2D eigenvalue weighted by Crippen LogP contribution is -2.48. The highest BCUT2D eigenvalue weighted by atomic mass is 35.5. The molecule has 1 aromatic heterocycles. The standard InChI is InChI=1S/C17H21N3O3S.ClH/c1-2-23-15-5-7-16(8-6-15)24(21,22)20-11-10-19-13-17(20)14-4-3-9-18-12-14;/h3-9,12,17,19H,2,10-11,13H2,1H3;1H. The van der Waals surface area contributed by atoms with Gasteiger partial charge in [0.25, 0.3) is 0 Å². The van der Waals surface area contributed by atoms with Gasteiger partial charge >= 0.3 is 0 Å². The van der Waals surface area contributed by atoms with E-state index in [1.54, 1.807) is 41.0 Å². The number of hydrogen-bond donors (Lipinski definition) is 1. The van der Waals surface area contributed by atoms with Crippen molar-refractivity contribution in [2.24, 2.45) is 0 Å². The molecule has 1 fully saturated rings. The maximum Gasteiger partial charge on any atom is 0.243 e. The highest BCUT2D eigenvalue weighted by Crippen LogP contribution is 2.29. The summed E-state index contributed by atoms with van der Waals surface area (Å²) in [6.07, 6.45) is 3.41. The monoisotopic (exact) mass is 383 g/mol. The summed E-state index contributed by atoms with van der Waals surface area (Å²) in [6.45, 7) is 4.07. The molecule has 0 saturated carbocycles. The Balaban J connectivity index is 0.00000225. The van der Waals surface area contributed by atoms with Gasteiger partial charge in [0, 0.05) is 32.0 Å². The molecule has 0 spiro atoms. The Morgan fingerprint density at radius 1 is 1.28 bits per heavy atom. The number of hydrogen-bond acceptors (Lipinski definition) is 5. The first kappa shape index (κ1) is 19.7. The van der Waals surface area contributed by atoms with Gasteiger partial charge < -0.3 is 10.1 Å². The highest BCUT2D eigenvalue weighted by Gasteiger charge is 2.34. The number of piperazine rings is 1. The molecule has 0 amide bonds. The smallest absolute Gasteiger partial charge is 0.243 e. The van der Waals surface area contributed by atoms with Crippen molar-refractivity contribution in [1.29, 1.82) is 0 Å². The highest BCUT2D eigenvalue weighted by molar-refractivity contribution is 7.89. The third-order valence-corrected chi connectivity index (χ3v) is 5.93. The largest absolute Gasteiger partial charge is 0.494 e. The Morgan fingerprint density at radius 3 is 2.68 bits per heavy atom. The first-order chi connectivity index (χ1) is 11.6. The average Bonchev–Trinajstić information content (AvgIpc) is 2.63. The van der Waals surface area contributed by atoms with Gasteiger partial charge in [-0.05, 0) is 42.8 Å². The number of halogens is 1. The zero-order chi connectivity index (χ0) is 17.0. The second kappa shape index (κ2) is 8.62. The lowest BCUT2D eigenvalue weighted by atomic mass is 10.1.